The Morgan fingerprint density at radius 1 is 1.54 bits per heavy atom. The first-order valence-electron chi connectivity index (χ1n) is 3.35. The van der Waals surface area contributed by atoms with Gasteiger partial charge in [-0.25, -0.2) is 5.01 Å². The number of fused-ring (bicyclic) bond motifs is 1. The summed E-state index contributed by atoms with van der Waals surface area (Å²) in [6, 6.07) is 0. The minimum absolute atomic E-state index is 0.230. The molecule has 2 rings (SSSR count). The second kappa shape index (κ2) is 3.57. The molecule has 2 aliphatic heterocycles. The van der Waals surface area contributed by atoms with E-state index >= 15 is 0 Å². The molecule has 7 heteroatoms. The van der Waals surface area contributed by atoms with Gasteiger partial charge in [-0.1, -0.05) is 0 Å². The van der Waals surface area contributed by atoms with Crippen LogP contribution in [0.15, 0.2) is 20.7 Å². The van der Waals surface area contributed by atoms with E-state index in [0.29, 0.717) is 6.54 Å². The zero-order chi connectivity index (χ0) is 9.64. The van der Waals surface area contributed by atoms with Crippen LogP contribution in [0.5, 0.6) is 0 Å². The first-order valence-corrected chi connectivity index (χ1v) is 6.81. The lowest BCUT2D eigenvalue weighted by molar-refractivity contribution is 0.449. The number of amidine groups is 1. The van der Waals surface area contributed by atoms with E-state index in [-0.39, 0.29) is 2.45 Å². The van der Waals surface area contributed by atoms with Gasteiger partial charge >= 0.3 is 0 Å². The molecule has 0 spiro atoms. The van der Waals surface area contributed by atoms with Gasteiger partial charge in [0.2, 0.25) is 0 Å². The first-order chi connectivity index (χ1) is 6.00. The summed E-state index contributed by atoms with van der Waals surface area (Å²) in [5, 5.41) is 6.17. The maximum atomic E-state index is 4.37. The summed E-state index contributed by atoms with van der Waals surface area (Å²) in [5.41, 5.74) is 0. The Bertz CT molecular complexity index is 347. The van der Waals surface area contributed by atoms with Crippen LogP contribution in [0.4, 0.5) is 0 Å². The largest absolute Gasteiger partial charge is 0.262 e. The molecule has 0 saturated carbocycles. The second-order valence-corrected chi connectivity index (χ2v) is 8.78. The van der Waals surface area contributed by atoms with Gasteiger partial charge in [-0.3, -0.25) is 4.99 Å². The van der Waals surface area contributed by atoms with Crippen molar-refractivity contribution in [2.45, 2.75) is 2.45 Å². The zero-order valence-corrected chi connectivity index (χ0v) is 13.1. The smallest absolute Gasteiger partial charge is 0.189 e. The van der Waals surface area contributed by atoms with Gasteiger partial charge < -0.3 is 0 Å². The number of hydrogen-bond donors (Lipinski definition) is 0. The van der Waals surface area contributed by atoms with E-state index in [1.807, 2.05) is 11.1 Å². The van der Waals surface area contributed by atoms with Crippen LogP contribution in [-0.4, -0.2) is 24.5 Å². The highest BCUT2D eigenvalue weighted by molar-refractivity contribution is 14.1. The third-order valence-corrected chi connectivity index (χ3v) is 3.94. The van der Waals surface area contributed by atoms with Gasteiger partial charge in [0.1, 0.15) is 4.62 Å². The minimum atomic E-state index is -0.230. The molecule has 2 heterocycles. The highest BCUT2D eigenvalue weighted by Crippen LogP contribution is 2.40. The molecule has 0 amide bonds. The monoisotopic (exact) mass is 481 g/mol. The topological polar surface area (TPSA) is 28.0 Å². The maximum absolute atomic E-state index is 4.37. The molecule has 0 saturated heterocycles. The summed E-state index contributed by atoms with van der Waals surface area (Å²) in [6.07, 6.45) is 1.89. The van der Waals surface area contributed by atoms with E-state index in [1.165, 1.54) is 0 Å². The lowest BCUT2D eigenvalue weighted by Gasteiger charge is -2.27. The van der Waals surface area contributed by atoms with Crippen LogP contribution >= 0.6 is 70.4 Å². The molecule has 13 heavy (non-hydrogen) atoms. The third-order valence-electron chi connectivity index (χ3n) is 1.58. The highest BCUT2D eigenvalue weighted by atomic mass is 127. The van der Waals surface area contributed by atoms with Gasteiger partial charge in [0.25, 0.3) is 0 Å². The maximum Gasteiger partial charge on any atom is 0.189 e. The number of aliphatic imine (C=N–C) groups is 1. The fourth-order valence-electron chi connectivity index (χ4n) is 1.05. The number of hydrogen-bond acceptors (Lipinski definition) is 3. The standard InChI is InChI=1S/C6H3Br3IN3/c7-3-1-4(8)12-13-5(3)11-2-6(13,9)10/h1H,2H2. The molecule has 70 valence electrons. The van der Waals surface area contributed by atoms with Crippen molar-refractivity contribution < 1.29 is 0 Å². The van der Waals surface area contributed by atoms with Crippen molar-refractivity contribution in [2.75, 3.05) is 6.54 Å². The lowest BCUT2D eigenvalue weighted by atomic mass is 10.4. The Labute approximate surface area is 114 Å². The van der Waals surface area contributed by atoms with Gasteiger partial charge in [0, 0.05) is 0 Å². The average molecular weight is 484 g/mol. The average Bonchev–Trinajstić information content (AvgIpc) is 2.28. The molecular formula is C6H3Br3IN3. The van der Waals surface area contributed by atoms with E-state index in [4.69, 9.17) is 0 Å². The summed E-state index contributed by atoms with van der Waals surface area (Å²) >= 11 is 12.6. The van der Waals surface area contributed by atoms with E-state index in [9.17, 15) is 0 Å². The normalized spacial score (nSPS) is 32.3. The first kappa shape index (κ1) is 10.6. The molecular weight excluding hydrogens is 481 g/mol. The number of halogens is 4. The molecule has 1 atom stereocenters. The van der Waals surface area contributed by atoms with Crippen LogP contribution in [0.3, 0.4) is 0 Å². The van der Waals surface area contributed by atoms with Gasteiger partial charge in [-0.05, 0) is 76.5 Å². The molecule has 0 radical (unpaired) electrons. The summed E-state index contributed by atoms with van der Waals surface area (Å²) < 4.78 is 1.51. The molecule has 2 aliphatic rings. The van der Waals surface area contributed by atoms with Crippen molar-refractivity contribution >= 4 is 80.8 Å². The second-order valence-electron chi connectivity index (χ2n) is 2.53. The Kier molecular flexibility index (Phi) is 2.90. The zero-order valence-electron chi connectivity index (χ0n) is 6.14. The summed E-state index contributed by atoms with van der Waals surface area (Å²) in [6.45, 7) is 0.690. The molecule has 0 aromatic rings. The van der Waals surface area contributed by atoms with Crippen molar-refractivity contribution in [3.05, 3.63) is 10.6 Å². The van der Waals surface area contributed by atoms with Crippen molar-refractivity contribution in [1.29, 1.82) is 0 Å². The van der Waals surface area contributed by atoms with E-state index in [2.05, 4.69) is 80.5 Å². The number of hydrazone groups is 1. The molecule has 0 aliphatic carbocycles. The van der Waals surface area contributed by atoms with Crippen molar-refractivity contribution in [1.82, 2.24) is 5.01 Å². The molecule has 3 nitrogen and oxygen atoms in total. The quantitative estimate of drug-likeness (QED) is 0.295. The van der Waals surface area contributed by atoms with E-state index in [1.54, 1.807) is 0 Å². The Morgan fingerprint density at radius 3 is 2.92 bits per heavy atom. The fraction of sp³-hybridized carbons (Fsp3) is 0.333. The molecule has 0 fully saturated rings. The van der Waals surface area contributed by atoms with Crippen LogP contribution in [0.25, 0.3) is 0 Å². The lowest BCUT2D eigenvalue weighted by Crippen LogP contribution is -2.37. The summed E-state index contributed by atoms with van der Waals surface area (Å²) in [4.78, 5) is 4.37. The van der Waals surface area contributed by atoms with Gasteiger partial charge in [-0.15, -0.1) is 0 Å². The number of rotatable bonds is 0. The van der Waals surface area contributed by atoms with Crippen LogP contribution in [0, 0.1) is 0 Å². The van der Waals surface area contributed by atoms with Gasteiger partial charge in [-0.2, -0.15) is 5.10 Å². The van der Waals surface area contributed by atoms with Crippen molar-refractivity contribution in [3.8, 4) is 0 Å². The van der Waals surface area contributed by atoms with Crippen LogP contribution in [0.1, 0.15) is 0 Å². The number of allylic oxidation sites excluding steroid dienone is 1. The van der Waals surface area contributed by atoms with Crippen LogP contribution in [-0.2, 0) is 0 Å². The van der Waals surface area contributed by atoms with Gasteiger partial charge in [0.05, 0.1) is 11.0 Å². The predicted octanol–water partition coefficient (Wildman–Crippen LogP) is 3.19. The van der Waals surface area contributed by atoms with E-state index < -0.39 is 0 Å². The minimum Gasteiger partial charge on any atom is -0.262 e. The SMILES string of the molecule is BrC1=CC(Br)=NN2C1=NCC2(Br)I. The third kappa shape index (κ3) is 1.89. The molecule has 1 unspecified atom stereocenters. The Balaban J connectivity index is 2.43. The molecule has 0 N–H and O–H groups in total. The Morgan fingerprint density at radius 2 is 2.23 bits per heavy atom. The van der Waals surface area contributed by atoms with Crippen LogP contribution < -0.4 is 0 Å². The summed E-state index contributed by atoms with van der Waals surface area (Å²) in [5.74, 6) is 0.870. The van der Waals surface area contributed by atoms with Gasteiger partial charge in [0.15, 0.2) is 8.29 Å². The molecule has 0 aromatic heterocycles. The van der Waals surface area contributed by atoms with Crippen LogP contribution in [0.2, 0.25) is 0 Å². The number of alkyl halides is 2. The van der Waals surface area contributed by atoms with Crippen molar-refractivity contribution in [3.63, 3.8) is 0 Å². The predicted molar refractivity (Wildman–Crippen MR) is 73.2 cm³/mol. The summed E-state index contributed by atoms with van der Waals surface area (Å²) in [7, 11) is 0. The number of nitrogens with zero attached hydrogens (tertiary/aromatic N) is 3. The molecule has 0 bridgehead atoms. The Hall–Kier alpha value is 1.05. The molecule has 0 aromatic carbocycles. The van der Waals surface area contributed by atoms with E-state index in [0.717, 1.165) is 14.9 Å². The fourth-order valence-corrected chi connectivity index (χ4v) is 3.13. The van der Waals surface area contributed by atoms with Crippen molar-refractivity contribution in [2.24, 2.45) is 10.1 Å². The highest BCUT2D eigenvalue weighted by Gasteiger charge is 2.41.